The van der Waals surface area contributed by atoms with Gasteiger partial charge in [0.1, 0.15) is 5.37 Å². The Morgan fingerprint density at radius 1 is 1.38 bits per heavy atom. The highest BCUT2D eigenvalue weighted by Gasteiger charge is 2.31. The minimum absolute atomic E-state index is 0.00773. The number of benzene rings is 1. The average Bonchev–Trinajstić information content (AvgIpc) is 3.18. The van der Waals surface area contributed by atoms with Crippen LogP contribution >= 0.6 is 23.1 Å². The summed E-state index contributed by atoms with van der Waals surface area (Å²) in [5.41, 5.74) is 2.11. The molecule has 1 aliphatic heterocycles. The molecule has 0 unspecified atom stereocenters. The molecule has 2 aromatic rings. The minimum atomic E-state index is -0.00773. The van der Waals surface area contributed by atoms with Gasteiger partial charge in [0.25, 0.3) is 0 Å². The standard InChI is InChI=1S/C16H18N2OS2/c1-2-12-5-3-6-13(11-12)17-16(19)18-8-10-21-15(18)14-7-4-9-20-14/h3-7,9,11,15H,2,8,10H2,1H3,(H,17,19)/t15-/m1/s1. The van der Waals surface area contributed by atoms with Crippen LogP contribution in [0.4, 0.5) is 10.5 Å². The first-order valence-corrected chi connectivity index (χ1v) is 9.02. The number of carbonyl (C=O) groups is 1. The molecule has 1 aromatic heterocycles. The van der Waals surface area contributed by atoms with Crippen molar-refractivity contribution in [1.82, 2.24) is 4.90 Å². The summed E-state index contributed by atoms with van der Waals surface area (Å²) < 4.78 is 0. The average molecular weight is 318 g/mol. The SMILES string of the molecule is CCc1cccc(NC(=O)N2CCS[C@@H]2c2cccs2)c1. The Morgan fingerprint density at radius 3 is 3.05 bits per heavy atom. The maximum Gasteiger partial charge on any atom is 0.323 e. The first-order valence-electron chi connectivity index (χ1n) is 7.09. The van der Waals surface area contributed by atoms with Crippen LogP contribution in [0.1, 0.15) is 22.7 Å². The molecule has 1 atom stereocenters. The fraction of sp³-hybridized carbons (Fsp3) is 0.312. The summed E-state index contributed by atoms with van der Waals surface area (Å²) in [5.74, 6) is 0.991. The molecule has 0 radical (unpaired) electrons. The summed E-state index contributed by atoms with van der Waals surface area (Å²) in [4.78, 5) is 15.7. The number of aryl methyl sites for hydroxylation is 1. The molecular formula is C16H18N2OS2. The number of amides is 2. The molecule has 0 saturated carbocycles. The van der Waals surface area contributed by atoms with Crippen LogP contribution < -0.4 is 5.32 Å². The summed E-state index contributed by atoms with van der Waals surface area (Å²) in [7, 11) is 0. The molecule has 2 amide bonds. The van der Waals surface area contributed by atoms with Crippen molar-refractivity contribution < 1.29 is 4.79 Å². The van der Waals surface area contributed by atoms with Gasteiger partial charge < -0.3 is 10.2 Å². The third-order valence-corrected chi connectivity index (χ3v) is 5.84. The molecule has 21 heavy (non-hydrogen) atoms. The van der Waals surface area contributed by atoms with Gasteiger partial charge >= 0.3 is 6.03 Å². The zero-order chi connectivity index (χ0) is 14.7. The number of thiophene rings is 1. The number of anilines is 1. The zero-order valence-corrected chi connectivity index (χ0v) is 13.5. The molecule has 0 aliphatic carbocycles. The summed E-state index contributed by atoms with van der Waals surface area (Å²) in [6, 6.07) is 12.2. The maximum absolute atomic E-state index is 12.5. The normalized spacial score (nSPS) is 18.0. The van der Waals surface area contributed by atoms with Gasteiger partial charge in [-0.15, -0.1) is 23.1 Å². The van der Waals surface area contributed by atoms with Crippen molar-refractivity contribution in [3.8, 4) is 0 Å². The summed E-state index contributed by atoms with van der Waals surface area (Å²) in [6.07, 6.45) is 0.973. The summed E-state index contributed by atoms with van der Waals surface area (Å²) in [5, 5.41) is 5.25. The summed E-state index contributed by atoms with van der Waals surface area (Å²) in [6.45, 7) is 2.91. The molecule has 0 spiro atoms. The number of urea groups is 1. The zero-order valence-electron chi connectivity index (χ0n) is 11.9. The quantitative estimate of drug-likeness (QED) is 0.897. The van der Waals surface area contributed by atoms with Crippen molar-refractivity contribution in [2.75, 3.05) is 17.6 Å². The lowest BCUT2D eigenvalue weighted by Gasteiger charge is -2.23. The van der Waals surface area contributed by atoms with E-state index in [-0.39, 0.29) is 11.4 Å². The Balaban J connectivity index is 1.72. The van der Waals surface area contributed by atoms with Gasteiger partial charge in [-0.25, -0.2) is 4.79 Å². The second kappa shape index (κ2) is 6.54. The Labute approximate surface area is 133 Å². The number of carbonyl (C=O) groups excluding carboxylic acids is 1. The van der Waals surface area contributed by atoms with Gasteiger partial charge in [0, 0.05) is 22.9 Å². The number of hydrogen-bond acceptors (Lipinski definition) is 3. The molecule has 1 fully saturated rings. The summed E-state index contributed by atoms with van der Waals surface area (Å²) >= 11 is 3.54. The first-order chi connectivity index (χ1) is 10.3. The lowest BCUT2D eigenvalue weighted by atomic mass is 10.1. The lowest BCUT2D eigenvalue weighted by Crippen LogP contribution is -2.34. The van der Waals surface area contributed by atoms with Crippen molar-refractivity contribution in [3.05, 3.63) is 52.2 Å². The maximum atomic E-state index is 12.5. The van der Waals surface area contributed by atoms with E-state index in [1.165, 1.54) is 10.4 Å². The van der Waals surface area contributed by atoms with Crippen molar-refractivity contribution in [3.63, 3.8) is 0 Å². The second-order valence-electron chi connectivity index (χ2n) is 4.92. The van der Waals surface area contributed by atoms with Crippen LogP contribution in [0, 0.1) is 0 Å². The van der Waals surface area contributed by atoms with E-state index in [4.69, 9.17) is 0 Å². The van der Waals surface area contributed by atoms with E-state index in [0.29, 0.717) is 0 Å². The van der Waals surface area contributed by atoms with Crippen LogP contribution in [-0.2, 0) is 6.42 Å². The molecule has 3 nitrogen and oxygen atoms in total. The van der Waals surface area contributed by atoms with Crippen molar-refractivity contribution in [2.24, 2.45) is 0 Å². The van der Waals surface area contributed by atoms with Crippen molar-refractivity contribution in [1.29, 1.82) is 0 Å². The van der Waals surface area contributed by atoms with Gasteiger partial charge in [-0.1, -0.05) is 25.1 Å². The van der Waals surface area contributed by atoms with E-state index < -0.39 is 0 Å². The fourth-order valence-corrected chi connectivity index (χ4v) is 4.64. The largest absolute Gasteiger partial charge is 0.323 e. The molecule has 0 bridgehead atoms. The highest BCUT2D eigenvalue weighted by Crippen LogP contribution is 2.40. The molecular weight excluding hydrogens is 300 g/mol. The Kier molecular flexibility index (Phi) is 4.51. The van der Waals surface area contributed by atoms with Crippen LogP contribution in [-0.4, -0.2) is 23.2 Å². The predicted molar refractivity (Wildman–Crippen MR) is 91.1 cm³/mol. The highest BCUT2D eigenvalue weighted by molar-refractivity contribution is 7.99. The van der Waals surface area contributed by atoms with Gasteiger partial charge in [-0.3, -0.25) is 0 Å². The molecule has 1 aromatic carbocycles. The molecule has 2 heterocycles. The van der Waals surface area contributed by atoms with E-state index in [1.807, 2.05) is 40.9 Å². The van der Waals surface area contributed by atoms with Crippen LogP contribution in [0.25, 0.3) is 0 Å². The third-order valence-electron chi connectivity index (χ3n) is 3.52. The second-order valence-corrected chi connectivity index (χ2v) is 7.08. The smallest absolute Gasteiger partial charge is 0.308 e. The van der Waals surface area contributed by atoms with E-state index in [0.717, 1.165) is 24.4 Å². The Bertz CT molecular complexity index is 612. The van der Waals surface area contributed by atoms with Gasteiger partial charge in [-0.2, -0.15) is 0 Å². The number of rotatable bonds is 3. The number of hydrogen-bond donors (Lipinski definition) is 1. The van der Waals surface area contributed by atoms with Gasteiger partial charge in [-0.05, 0) is 35.6 Å². The van der Waals surface area contributed by atoms with Crippen LogP contribution in [0.15, 0.2) is 41.8 Å². The molecule has 1 saturated heterocycles. The highest BCUT2D eigenvalue weighted by atomic mass is 32.2. The predicted octanol–water partition coefficient (Wildman–Crippen LogP) is 4.59. The van der Waals surface area contributed by atoms with E-state index in [9.17, 15) is 4.79 Å². The lowest BCUT2D eigenvalue weighted by molar-refractivity contribution is 0.215. The van der Waals surface area contributed by atoms with Crippen LogP contribution in [0.5, 0.6) is 0 Å². The molecule has 1 aliphatic rings. The Hall–Kier alpha value is -1.46. The van der Waals surface area contributed by atoms with Crippen LogP contribution in [0.2, 0.25) is 0 Å². The van der Waals surface area contributed by atoms with Crippen LogP contribution in [0.3, 0.4) is 0 Å². The topological polar surface area (TPSA) is 32.3 Å². The molecule has 110 valence electrons. The number of nitrogens with one attached hydrogen (secondary N) is 1. The number of thioether (sulfide) groups is 1. The van der Waals surface area contributed by atoms with Crippen molar-refractivity contribution in [2.45, 2.75) is 18.7 Å². The van der Waals surface area contributed by atoms with E-state index >= 15 is 0 Å². The van der Waals surface area contributed by atoms with E-state index in [1.54, 1.807) is 11.3 Å². The van der Waals surface area contributed by atoms with Gasteiger partial charge in [0.15, 0.2) is 0 Å². The van der Waals surface area contributed by atoms with Gasteiger partial charge in [0.05, 0.1) is 0 Å². The molecule has 1 N–H and O–H groups in total. The molecule has 5 heteroatoms. The van der Waals surface area contributed by atoms with E-state index in [2.05, 4.69) is 29.8 Å². The number of nitrogens with zero attached hydrogens (tertiary/aromatic N) is 1. The molecule has 3 rings (SSSR count). The third kappa shape index (κ3) is 3.24. The van der Waals surface area contributed by atoms with Crippen molar-refractivity contribution >= 4 is 34.8 Å². The van der Waals surface area contributed by atoms with Gasteiger partial charge in [0.2, 0.25) is 0 Å². The minimum Gasteiger partial charge on any atom is -0.308 e. The first kappa shape index (κ1) is 14.5. The monoisotopic (exact) mass is 318 g/mol. The fourth-order valence-electron chi connectivity index (χ4n) is 2.41. The Morgan fingerprint density at radius 2 is 2.29 bits per heavy atom.